The number of benzene rings is 2. The largest absolute Gasteiger partial charge is 0.475 e. The summed E-state index contributed by atoms with van der Waals surface area (Å²) >= 11 is 0. The fourth-order valence-corrected chi connectivity index (χ4v) is 7.10. The molecule has 0 saturated carbocycles. The minimum atomic E-state index is 0.295. The van der Waals surface area contributed by atoms with Crippen LogP contribution in [0.3, 0.4) is 0 Å². The quantitative estimate of drug-likeness (QED) is 0.151. The standard InChI is InChI=1S/C44H48N6O12/c1-5-33-45-37-29(1)41-42(30-2-6-34(46-38(30)37)60-26-22-56-18-14-52-10-9-51-13-17-55-21-25-59-33)50-44-32-4-8-36-48-40(32)39-31(43(44)49-41)3-7-35(47-39)61-27-23-57-19-15-53-11-12-54-16-20-58-24-28-62-36/h1-8H,9-28H2. The van der Waals surface area contributed by atoms with Gasteiger partial charge in [0.05, 0.1) is 128 Å². The summed E-state index contributed by atoms with van der Waals surface area (Å²) in [6.07, 6.45) is 0. The molecule has 9 rings (SSSR count). The Balaban J connectivity index is 1.14. The third-order valence-electron chi connectivity index (χ3n) is 9.99. The average Bonchev–Trinajstić information content (AvgIpc) is 3.30. The second-order valence-electron chi connectivity index (χ2n) is 14.1. The monoisotopic (exact) mass is 852 g/mol. The number of rotatable bonds is 0. The number of aromatic nitrogens is 6. The van der Waals surface area contributed by atoms with Gasteiger partial charge in [-0.25, -0.2) is 29.9 Å². The molecule has 0 N–H and O–H groups in total. The van der Waals surface area contributed by atoms with Gasteiger partial charge in [-0.3, -0.25) is 0 Å². The van der Waals surface area contributed by atoms with Crippen LogP contribution >= 0.6 is 0 Å². The number of pyridine rings is 4. The molecular formula is C44H48N6O12. The van der Waals surface area contributed by atoms with Crippen molar-refractivity contribution in [2.24, 2.45) is 0 Å². The molecule has 18 nitrogen and oxygen atoms in total. The summed E-state index contributed by atoms with van der Waals surface area (Å²) in [5.41, 5.74) is 4.87. The summed E-state index contributed by atoms with van der Waals surface area (Å²) in [6, 6.07) is 15.0. The van der Waals surface area contributed by atoms with E-state index in [0.717, 1.165) is 21.5 Å². The lowest BCUT2D eigenvalue weighted by Gasteiger charge is -2.15. The highest BCUT2D eigenvalue weighted by Gasteiger charge is 2.21. The van der Waals surface area contributed by atoms with Crippen LogP contribution in [0.1, 0.15) is 0 Å². The summed E-state index contributed by atoms with van der Waals surface area (Å²) in [5.74, 6) is 1.66. The zero-order valence-electron chi connectivity index (χ0n) is 34.3. The van der Waals surface area contributed by atoms with Gasteiger partial charge in [0, 0.05) is 45.8 Å². The van der Waals surface area contributed by atoms with Gasteiger partial charge >= 0.3 is 0 Å². The second-order valence-corrected chi connectivity index (χ2v) is 14.1. The molecule has 5 aromatic heterocycles. The van der Waals surface area contributed by atoms with Crippen molar-refractivity contribution in [3.63, 3.8) is 0 Å². The third-order valence-corrected chi connectivity index (χ3v) is 9.99. The highest BCUT2D eigenvalue weighted by molar-refractivity contribution is 6.26. The maximum atomic E-state index is 6.06. The molecular weight excluding hydrogens is 805 g/mol. The van der Waals surface area contributed by atoms with Crippen molar-refractivity contribution in [1.82, 2.24) is 29.9 Å². The Kier molecular flexibility index (Phi) is 14.2. The molecule has 0 unspecified atom stereocenters. The molecule has 2 aliphatic rings. The number of fused-ring (bicyclic) bond motifs is 10. The van der Waals surface area contributed by atoms with E-state index in [0.29, 0.717) is 200 Å². The number of nitrogens with zero attached hydrogens (tertiary/aromatic N) is 6. The minimum Gasteiger partial charge on any atom is -0.475 e. The summed E-state index contributed by atoms with van der Waals surface area (Å²) in [7, 11) is 0. The van der Waals surface area contributed by atoms with Crippen LogP contribution in [0.4, 0.5) is 0 Å². The summed E-state index contributed by atoms with van der Waals surface area (Å²) < 4.78 is 69.5. The fourth-order valence-electron chi connectivity index (χ4n) is 7.10. The molecule has 7 aromatic rings. The lowest BCUT2D eigenvalue weighted by atomic mass is 10.0. The molecule has 0 atom stereocenters. The number of hydrogen-bond donors (Lipinski definition) is 0. The molecule has 0 aliphatic carbocycles. The van der Waals surface area contributed by atoms with Crippen molar-refractivity contribution >= 4 is 65.7 Å². The fraction of sp³-hybridized carbons (Fsp3) is 0.455. The summed E-state index contributed by atoms with van der Waals surface area (Å²) in [6.45, 7) is 8.08. The average molecular weight is 853 g/mol. The number of hydrogen-bond acceptors (Lipinski definition) is 18. The van der Waals surface area contributed by atoms with Crippen LogP contribution < -0.4 is 18.9 Å². The number of ether oxygens (including phenoxy) is 12. The normalized spacial score (nSPS) is 18.3. The van der Waals surface area contributed by atoms with Crippen molar-refractivity contribution in [1.29, 1.82) is 0 Å². The van der Waals surface area contributed by atoms with Gasteiger partial charge in [-0.05, 0) is 24.3 Å². The van der Waals surface area contributed by atoms with Gasteiger partial charge in [0.1, 0.15) is 48.5 Å². The Morgan fingerprint density at radius 3 is 0.597 bits per heavy atom. The Bertz CT molecular complexity index is 2270. The van der Waals surface area contributed by atoms with Gasteiger partial charge in [0.2, 0.25) is 23.5 Å². The van der Waals surface area contributed by atoms with Gasteiger partial charge in [-0.2, -0.15) is 0 Å². The maximum Gasteiger partial charge on any atom is 0.213 e. The van der Waals surface area contributed by atoms with Gasteiger partial charge in [-0.15, -0.1) is 0 Å². The smallest absolute Gasteiger partial charge is 0.213 e. The first-order valence-electron chi connectivity index (χ1n) is 20.9. The Morgan fingerprint density at radius 2 is 0.387 bits per heavy atom. The molecule has 0 spiro atoms. The molecule has 2 aromatic carbocycles. The van der Waals surface area contributed by atoms with Crippen LogP contribution in [0.15, 0.2) is 48.5 Å². The molecule has 7 heterocycles. The third kappa shape index (κ3) is 10.1. The van der Waals surface area contributed by atoms with E-state index in [1.54, 1.807) is 0 Å². The predicted octanol–water partition coefficient (Wildman–Crippen LogP) is 4.65. The van der Waals surface area contributed by atoms with E-state index in [1.165, 1.54) is 0 Å². The SMILES string of the molecule is c1cc2c3nc1OCCOCCOCCOCCOCCOc1ccc(c3n1)c1nc3c4ccc5nc4c4nc(ccc4c3nc21)OCCOCCOCCOCCOCCO5. The van der Waals surface area contributed by atoms with Gasteiger partial charge < -0.3 is 56.8 Å². The van der Waals surface area contributed by atoms with Crippen molar-refractivity contribution in [2.45, 2.75) is 0 Å². The van der Waals surface area contributed by atoms with Gasteiger partial charge in [-0.1, -0.05) is 0 Å². The van der Waals surface area contributed by atoms with Crippen LogP contribution in [-0.4, -0.2) is 162 Å². The second kappa shape index (κ2) is 21.1. The first-order valence-corrected chi connectivity index (χ1v) is 20.9. The van der Waals surface area contributed by atoms with Crippen molar-refractivity contribution < 1.29 is 56.8 Å². The molecule has 18 heteroatoms. The molecule has 2 aliphatic heterocycles. The zero-order chi connectivity index (χ0) is 41.8. The molecule has 0 saturated heterocycles. The lowest BCUT2D eigenvalue weighted by molar-refractivity contribution is -0.00720. The Hall–Kier alpha value is -5.44. The minimum absolute atomic E-state index is 0.295. The van der Waals surface area contributed by atoms with Crippen molar-refractivity contribution in [3.8, 4) is 23.5 Å². The predicted molar refractivity (Wildman–Crippen MR) is 227 cm³/mol. The molecule has 0 radical (unpaired) electrons. The van der Waals surface area contributed by atoms with Crippen LogP contribution in [0.25, 0.3) is 65.7 Å². The van der Waals surface area contributed by atoms with E-state index < -0.39 is 0 Å². The highest BCUT2D eigenvalue weighted by atomic mass is 16.6. The van der Waals surface area contributed by atoms with Gasteiger partial charge in [0.15, 0.2) is 0 Å². The van der Waals surface area contributed by atoms with Crippen molar-refractivity contribution in [3.05, 3.63) is 48.5 Å². The topological polar surface area (TPSA) is 188 Å². The van der Waals surface area contributed by atoms with E-state index >= 15 is 0 Å². The van der Waals surface area contributed by atoms with Crippen LogP contribution in [-0.2, 0) is 37.9 Å². The molecule has 326 valence electrons. The molecule has 8 bridgehead atoms. The van der Waals surface area contributed by atoms with E-state index in [1.807, 2.05) is 48.5 Å². The van der Waals surface area contributed by atoms with Crippen LogP contribution in [0.2, 0.25) is 0 Å². The van der Waals surface area contributed by atoms with E-state index in [2.05, 4.69) is 0 Å². The lowest BCUT2D eigenvalue weighted by Crippen LogP contribution is -2.15. The maximum absolute atomic E-state index is 6.06. The zero-order valence-corrected chi connectivity index (χ0v) is 34.3. The van der Waals surface area contributed by atoms with E-state index in [9.17, 15) is 0 Å². The Labute approximate surface area is 355 Å². The highest BCUT2D eigenvalue weighted by Crippen LogP contribution is 2.39. The van der Waals surface area contributed by atoms with Crippen molar-refractivity contribution in [2.75, 3.05) is 132 Å². The molecule has 62 heavy (non-hydrogen) atoms. The first kappa shape index (κ1) is 41.9. The van der Waals surface area contributed by atoms with Crippen LogP contribution in [0, 0.1) is 0 Å². The van der Waals surface area contributed by atoms with E-state index in [4.69, 9.17) is 86.7 Å². The molecule has 0 fully saturated rings. The van der Waals surface area contributed by atoms with Crippen LogP contribution in [0.5, 0.6) is 23.5 Å². The molecule has 0 amide bonds. The van der Waals surface area contributed by atoms with Gasteiger partial charge in [0.25, 0.3) is 0 Å². The summed E-state index contributed by atoms with van der Waals surface area (Å²) in [5, 5.41) is 2.94. The van der Waals surface area contributed by atoms with E-state index in [-0.39, 0.29) is 0 Å². The summed E-state index contributed by atoms with van der Waals surface area (Å²) in [4.78, 5) is 30.6. The Morgan fingerprint density at radius 1 is 0.210 bits per heavy atom. The first-order chi connectivity index (χ1) is 30.8.